The average Bonchev–Trinajstić information content (AvgIpc) is 2.18. The minimum absolute atomic E-state index is 0.192. The number of aryl methyl sites for hydroxylation is 1. The Kier molecular flexibility index (Phi) is 1.33. The quantitative estimate of drug-likeness (QED) is 0.322. The van der Waals surface area contributed by atoms with Crippen LogP contribution in [0.25, 0.3) is 10.4 Å². The molecule has 1 aromatic rings. The topological polar surface area (TPSA) is 87.7 Å². The highest BCUT2D eigenvalue weighted by Gasteiger charge is 1.98. The molecule has 0 unspecified atom stereocenters. The van der Waals surface area contributed by atoms with Crippen molar-refractivity contribution in [1.29, 1.82) is 0 Å². The average molecular weight is 125 g/mol. The highest BCUT2D eigenvalue weighted by molar-refractivity contribution is 5.28. The largest absolute Gasteiger partial charge is 0.244 e. The van der Waals surface area contributed by atoms with Gasteiger partial charge in [0.1, 0.15) is 5.69 Å². The Hall–Kier alpha value is -1.55. The highest BCUT2D eigenvalue weighted by Crippen LogP contribution is 2.10. The summed E-state index contributed by atoms with van der Waals surface area (Å²) in [7, 11) is 0. The van der Waals surface area contributed by atoms with Crippen molar-refractivity contribution in [2.75, 3.05) is 0 Å². The number of aromatic nitrogens is 2. The lowest BCUT2D eigenvalue weighted by Gasteiger charge is -1.73. The Morgan fingerprint density at radius 2 is 2.44 bits per heavy atom. The van der Waals surface area contributed by atoms with Crippen molar-refractivity contribution in [3.8, 4) is 0 Å². The number of azide groups is 1. The second kappa shape index (κ2) is 2.15. The molecule has 0 saturated carbocycles. The Labute approximate surface area is 50.1 Å². The molecule has 0 N–H and O–H groups in total. The van der Waals surface area contributed by atoms with Gasteiger partial charge in [0.15, 0.2) is 5.82 Å². The Balaban J connectivity index is 3.07. The number of nitrogens with zero attached hydrogens (tertiary/aromatic N) is 5. The van der Waals surface area contributed by atoms with Crippen LogP contribution in [0.15, 0.2) is 9.74 Å². The van der Waals surface area contributed by atoms with Gasteiger partial charge in [-0.1, -0.05) is 5.16 Å². The van der Waals surface area contributed by atoms with Crippen LogP contribution >= 0.6 is 0 Å². The summed E-state index contributed by atoms with van der Waals surface area (Å²) in [5, 5.41) is 9.86. The van der Waals surface area contributed by atoms with Crippen LogP contribution in [0.4, 0.5) is 5.82 Å². The Morgan fingerprint density at radius 1 is 1.67 bits per heavy atom. The number of rotatable bonds is 1. The standard InChI is InChI=1S/C3H3N5O/c1-2-3(5-8-4)7-9-6-2/h1H3. The summed E-state index contributed by atoms with van der Waals surface area (Å²) in [6, 6.07) is 0. The van der Waals surface area contributed by atoms with E-state index in [-0.39, 0.29) is 5.82 Å². The minimum atomic E-state index is 0.192. The minimum Gasteiger partial charge on any atom is -0.244 e. The first-order chi connectivity index (χ1) is 4.34. The van der Waals surface area contributed by atoms with Crippen molar-refractivity contribution >= 4 is 5.82 Å². The lowest BCUT2D eigenvalue weighted by molar-refractivity contribution is 0.305. The third-order valence-corrected chi connectivity index (χ3v) is 0.768. The first-order valence-corrected chi connectivity index (χ1v) is 2.19. The van der Waals surface area contributed by atoms with Gasteiger partial charge < -0.3 is 0 Å². The fourth-order valence-corrected chi connectivity index (χ4v) is 0.360. The molecule has 0 aliphatic heterocycles. The lowest BCUT2D eigenvalue weighted by atomic mass is 10.5. The fourth-order valence-electron chi connectivity index (χ4n) is 0.360. The SMILES string of the molecule is Cc1nonc1N=[N+]=[N-]. The van der Waals surface area contributed by atoms with Crippen LogP contribution in [0.5, 0.6) is 0 Å². The molecule has 0 radical (unpaired) electrons. The van der Waals surface area contributed by atoms with Crippen LogP contribution in [-0.4, -0.2) is 10.3 Å². The summed E-state index contributed by atoms with van der Waals surface area (Å²) in [4.78, 5) is 2.50. The van der Waals surface area contributed by atoms with Gasteiger partial charge in [-0.25, -0.2) is 4.63 Å². The second-order valence-corrected chi connectivity index (χ2v) is 1.36. The number of hydrogen-bond acceptors (Lipinski definition) is 4. The molecule has 0 amide bonds. The smallest absolute Gasteiger partial charge is 0.193 e. The summed E-state index contributed by atoms with van der Waals surface area (Å²) in [5.41, 5.74) is 8.40. The normalized spacial score (nSPS) is 8.56. The molecular formula is C3H3N5O. The molecule has 0 fully saturated rings. The molecule has 0 spiro atoms. The van der Waals surface area contributed by atoms with Crippen molar-refractivity contribution < 1.29 is 4.63 Å². The predicted octanol–water partition coefficient (Wildman–Crippen LogP) is 1.32. The molecule has 46 valence electrons. The fraction of sp³-hybridized carbons (Fsp3) is 0.333. The molecule has 9 heavy (non-hydrogen) atoms. The summed E-state index contributed by atoms with van der Waals surface area (Å²) in [5.74, 6) is 0.192. The third kappa shape index (κ3) is 0.974. The first-order valence-electron chi connectivity index (χ1n) is 2.19. The highest BCUT2D eigenvalue weighted by atomic mass is 16.6. The van der Waals surface area contributed by atoms with Crippen molar-refractivity contribution in [3.63, 3.8) is 0 Å². The van der Waals surface area contributed by atoms with Gasteiger partial charge in [0, 0.05) is 4.91 Å². The second-order valence-electron chi connectivity index (χ2n) is 1.36. The van der Waals surface area contributed by atoms with E-state index >= 15 is 0 Å². The molecule has 6 heteroatoms. The van der Waals surface area contributed by atoms with Crippen LogP contribution in [0.3, 0.4) is 0 Å². The Bertz CT molecular complexity index is 246. The van der Waals surface area contributed by atoms with E-state index in [0.29, 0.717) is 5.69 Å². The van der Waals surface area contributed by atoms with Crippen molar-refractivity contribution in [2.24, 2.45) is 5.11 Å². The zero-order valence-corrected chi connectivity index (χ0v) is 4.64. The van der Waals surface area contributed by atoms with Crippen LogP contribution < -0.4 is 0 Å². The summed E-state index contributed by atoms with van der Waals surface area (Å²) < 4.78 is 4.23. The molecule has 0 bridgehead atoms. The van der Waals surface area contributed by atoms with E-state index < -0.39 is 0 Å². The van der Waals surface area contributed by atoms with E-state index in [0.717, 1.165) is 0 Å². The van der Waals surface area contributed by atoms with Gasteiger partial charge in [-0.15, -0.1) is 0 Å². The maximum atomic E-state index is 7.91. The lowest BCUT2D eigenvalue weighted by Crippen LogP contribution is -1.65. The van der Waals surface area contributed by atoms with E-state index in [9.17, 15) is 0 Å². The Morgan fingerprint density at radius 3 is 2.89 bits per heavy atom. The maximum Gasteiger partial charge on any atom is 0.193 e. The van der Waals surface area contributed by atoms with Gasteiger partial charge in [-0.05, 0) is 22.7 Å². The van der Waals surface area contributed by atoms with Gasteiger partial charge in [0.2, 0.25) is 0 Å². The van der Waals surface area contributed by atoms with Crippen LogP contribution in [0.1, 0.15) is 5.69 Å². The van der Waals surface area contributed by atoms with Gasteiger partial charge >= 0.3 is 0 Å². The van der Waals surface area contributed by atoms with Gasteiger partial charge in [0.25, 0.3) is 0 Å². The van der Waals surface area contributed by atoms with E-state index in [1.54, 1.807) is 6.92 Å². The zero-order valence-electron chi connectivity index (χ0n) is 4.64. The molecule has 0 aliphatic rings. The van der Waals surface area contributed by atoms with Crippen molar-refractivity contribution in [3.05, 3.63) is 16.1 Å². The van der Waals surface area contributed by atoms with E-state index in [2.05, 4.69) is 25.0 Å². The molecule has 1 aromatic heterocycles. The van der Waals surface area contributed by atoms with Gasteiger partial charge in [-0.2, -0.15) is 0 Å². The first kappa shape index (κ1) is 5.58. The summed E-state index contributed by atoms with van der Waals surface area (Å²) in [6.45, 7) is 1.64. The molecule has 1 rings (SSSR count). The van der Waals surface area contributed by atoms with Crippen molar-refractivity contribution in [2.45, 2.75) is 6.92 Å². The maximum absolute atomic E-state index is 7.91. The van der Waals surface area contributed by atoms with Gasteiger partial charge in [0.05, 0.1) is 0 Å². The van der Waals surface area contributed by atoms with Gasteiger partial charge in [-0.3, -0.25) is 0 Å². The molecule has 0 aromatic carbocycles. The molecule has 0 saturated heterocycles. The third-order valence-electron chi connectivity index (χ3n) is 0.768. The summed E-state index contributed by atoms with van der Waals surface area (Å²) in [6.07, 6.45) is 0. The van der Waals surface area contributed by atoms with E-state index in [4.69, 9.17) is 5.53 Å². The summed E-state index contributed by atoms with van der Waals surface area (Å²) >= 11 is 0. The molecule has 1 heterocycles. The van der Waals surface area contributed by atoms with Crippen LogP contribution in [0.2, 0.25) is 0 Å². The molecule has 0 aliphatic carbocycles. The number of hydrogen-bond donors (Lipinski definition) is 0. The zero-order chi connectivity index (χ0) is 6.69. The van der Waals surface area contributed by atoms with Crippen molar-refractivity contribution in [1.82, 2.24) is 10.3 Å². The monoisotopic (exact) mass is 125 g/mol. The van der Waals surface area contributed by atoms with Crippen LogP contribution in [0, 0.1) is 6.92 Å². The molecular weight excluding hydrogens is 122 g/mol. The van der Waals surface area contributed by atoms with E-state index in [1.807, 2.05) is 0 Å². The molecule has 0 atom stereocenters. The van der Waals surface area contributed by atoms with E-state index in [1.165, 1.54) is 0 Å². The predicted molar refractivity (Wildman–Crippen MR) is 27.8 cm³/mol. The molecule has 6 nitrogen and oxygen atoms in total. The van der Waals surface area contributed by atoms with Crippen LogP contribution in [-0.2, 0) is 0 Å².